The van der Waals surface area contributed by atoms with Crippen molar-refractivity contribution in [3.63, 3.8) is 0 Å². The van der Waals surface area contributed by atoms with Crippen molar-refractivity contribution in [3.8, 4) is 0 Å². The molecule has 1 saturated heterocycles. The SMILES string of the molecule is Cc1cccc(CN2CCc3ccc(C(=O)CCC4CC[N-]CC4)cc3CC2)c1.Cl.[Ac]. The van der Waals surface area contributed by atoms with Crippen LogP contribution in [0.2, 0.25) is 0 Å². The molecule has 2 aliphatic heterocycles. The Kier molecular flexibility index (Phi) is 11.7. The Morgan fingerprint density at radius 2 is 1.77 bits per heavy atom. The molecule has 2 aromatic carbocycles. The number of nitrogens with zero attached hydrogens (tertiary/aromatic N) is 2. The Morgan fingerprint density at radius 1 is 1.03 bits per heavy atom. The molecule has 0 unspecified atom stereocenters. The molecule has 2 heterocycles. The summed E-state index contributed by atoms with van der Waals surface area (Å²) < 4.78 is 0. The van der Waals surface area contributed by atoms with Gasteiger partial charge in [-0.15, -0.1) is 25.5 Å². The Morgan fingerprint density at radius 3 is 2.52 bits per heavy atom. The number of rotatable bonds is 6. The zero-order valence-electron chi connectivity index (χ0n) is 18.7. The Hall–Kier alpha value is -0.238. The first-order valence-electron chi connectivity index (χ1n) is 11.2. The van der Waals surface area contributed by atoms with Gasteiger partial charge in [0.1, 0.15) is 0 Å². The van der Waals surface area contributed by atoms with Gasteiger partial charge in [0.15, 0.2) is 5.78 Å². The number of benzene rings is 2. The number of ketones is 1. The summed E-state index contributed by atoms with van der Waals surface area (Å²) in [4.78, 5) is 15.3. The van der Waals surface area contributed by atoms with Gasteiger partial charge >= 0.3 is 0 Å². The quantitative estimate of drug-likeness (QED) is 0.372. The molecule has 0 spiro atoms. The molecule has 0 N–H and O–H groups in total. The predicted octanol–water partition coefficient (Wildman–Crippen LogP) is 5.76. The molecule has 0 aromatic heterocycles. The number of hydrogen-bond donors (Lipinski definition) is 0. The molecular formula is C26H34AcClN2O-. The molecule has 0 amide bonds. The second kappa shape index (κ2) is 13.5. The van der Waals surface area contributed by atoms with Crippen molar-refractivity contribution in [2.75, 3.05) is 26.2 Å². The van der Waals surface area contributed by atoms with E-state index < -0.39 is 0 Å². The third-order valence-corrected chi connectivity index (χ3v) is 6.58. The molecule has 1 radical (unpaired) electrons. The predicted molar refractivity (Wildman–Crippen MR) is 127 cm³/mol. The number of piperidine rings is 1. The third-order valence-electron chi connectivity index (χ3n) is 6.58. The van der Waals surface area contributed by atoms with Crippen molar-refractivity contribution in [2.45, 2.75) is 52.0 Å². The van der Waals surface area contributed by atoms with Crippen LogP contribution in [0, 0.1) is 56.9 Å². The Labute approximate surface area is 229 Å². The molecule has 2 aliphatic rings. The average Bonchev–Trinajstić information content (AvgIpc) is 2.95. The molecule has 0 aliphatic carbocycles. The second-order valence-corrected chi connectivity index (χ2v) is 8.82. The van der Waals surface area contributed by atoms with E-state index >= 15 is 0 Å². The first kappa shape index (κ1) is 27.0. The standard InChI is InChI=1S/C26H33N2O.Ac.ClH/c1-20-3-2-4-22(17-20)19-28-15-11-23-6-7-25(18-24(23)12-16-28)26(29)8-5-21-9-13-27-14-10-21;;/h2-4,6-7,17-18,21H,5,8-16,19H2,1H3;;1H/q-1;;. The number of fused-ring (bicyclic) bond motifs is 1. The van der Waals surface area contributed by atoms with Crippen LogP contribution in [0.25, 0.3) is 5.32 Å². The smallest absolute Gasteiger partial charge is 0.162 e. The van der Waals surface area contributed by atoms with Crippen molar-refractivity contribution in [1.29, 1.82) is 0 Å². The van der Waals surface area contributed by atoms with Gasteiger partial charge in [-0.25, -0.2) is 0 Å². The van der Waals surface area contributed by atoms with Crippen molar-refractivity contribution < 1.29 is 48.9 Å². The van der Waals surface area contributed by atoms with Crippen LogP contribution in [-0.4, -0.2) is 36.9 Å². The molecule has 2 aromatic rings. The molecule has 4 rings (SSSR count). The summed E-state index contributed by atoms with van der Waals surface area (Å²) in [7, 11) is 0. The number of carbonyl (C=O) groups is 1. The summed E-state index contributed by atoms with van der Waals surface area (Å²) in [6, 6.07) is 15.3. The van der Waals surface area contributed by atoms with E-state index in [0.717, 1.165) is 70.4 Å². The van der Waals surface area contributed by atoms with E-state index in [9.17, 15) is 4.79 Å². The molecule has 0 saturated carbocycles. The van der Waals surface area contributed by atoms with Crippen LogP contribution in [0.1, 0.15) is 58.3 Å². The zero-order valence-corrected chi connectivity index (χ0v) is 24.2. The average molecular weight is 653 g/mol. The minimum absolute atomic E-state index is 0. The first-order chi connectivity index (χ1) is 14.2. The van der Waals surface area contributed by atoms with Crippen LogP contribution >= 0.6 is 12.4 Å². The van der Waals surface area contributed by atoms with Crippen LogP contribution in [0.5, 0.6) is 0 Å². The topological polar surface area (TPSA) is 34.4 Å². The van der Waals surface area contributed by atoms with Crippen molar-refractivity contribution in [1.82, 2.24) is 4.90 Å². The van der Waals surface area contributed by atoms with E-state index in [-0.39, 0.29) is 56.5 Å². The summed E-state index contributed by atoms with van der Waals surface area (Å²) in [6.45, 7) is 7.28. The summed E-state index contributed by atoms with van der Waals surface area (Å²) in [5.74, 6) is 1.00. The maximum atomic E-state index is 12.8. The number of aryl methyl sites for hydroxylation is 1. The van der Waals surface area contributed by atoms with Gasteiger partial charge in [0, 0.05) is 75.7 Å². The van der Waals surface area contributed by atoms with Crippen LogP contribution < -0.4 is 0 Å². The molecule has 0 bridgehead atoms. The number of hydrogen-bond acceptors (Lipinski definition) is 2. The van der Waals surface area contributed by atoms with Crippen molar-refractivity contribution >= 4 is 18.2 Å². The van der Waals surface area contributed by atoms with E-state index in [1.165, 1.54) is 22.3 Å². The molecule has 31 heavy (non-hydrogen) atoms. The number of carbonyl (C=O) groups excluding carboxylic acids is 1. The van der Waals surface area contributed by atoms with E-state index in [2.05, 4.69) is 59.6 Å². The number of halogens is 1. The Bertz CT molecular complexity index is 851. The molecular weight excluding hydrogens is 619 g/mol. The summed E-state index contributed by atoms with van der Waals surface area (Å²) in [5, 5.41) is 4.42. The van der Waals surface area contributed by atoms with E-state index in [1.807, 2.05) is 0 Å². The van der Waals surface area contributed by atoms with Crippen LogP contribution in [-0.2, 0) is 19.4 Å². The minimum atomic E-state index is 0. The monoisotopic (exact) mass is 652 g/mol. The minimum Gasteiger partial charge on any atom is -0.662 e. The molecule has 5 heteroatoms. The summed E-state index contributed by atoms with van der Waals surface area (Å²) >= 11 is 0. The van der Waals surface area contributed by atoms with E-state index in [0.29, 0.717) is 18.1 Å². The summed E-state index contributed by atoms with van der Waals surface area (Å²) in [6.07, 6.45) is 6.13. The van der Waals surface area contributed by atoms with Gasteiger partial charge in [0.25, 0.3) is 0 Å². The fourth-order valence-electron chi connectivity index (χ4n) is 4.74. The maximum absolute atomic E-state index is 12.8. The maximum Gasteiger partial charge on any atom is 0.162 e. The van der Waals surface area contributed by atoms with Crippen LogP contribution in [0.15, 0.2) is 42.5 Å². The van der Waals surface area contributed by atoms with Crippen molar-refractivity contribution in [3.05, 3.63) is 75.6 Å². The van der Waals surface area contributed by atoms with Gasteiger partial charge in [-0.2, -0.15) is 0 Å². The van der Waals surface area contributed by atoms with Crippen molar-refractivity contribution in [2.24, 2.45) is 5.92 Å². The fraction of sp³-hybridized carbons (Fsp3) is 0.500. The molecule has 165 valence electrons. The number of Topliss-reactive ketones (excluding diaryl/α,β-unsaturated/α-hetero) is 1. The van der Waals surface area contributed by atoms with Crippen LogP contribution in [0.4, 0.5) is 0 Å². The van der Waals surface area contributed by atoms with E-state index in [4.69, 9.17) is 0 Å². The third kappa shape index (κ3) is 7.94. The van der Waals surface area contributed by atoms with Gasteiger partial charge < -0.3 is 5.32 Å². The van der Waals surface area contributed by atoms with Gasteiger partial charge in [-0.3, -0.25) is 9.69 Å². The molecule has 1 fully saturated rings. The second-order valence-electron chi connectivity index (χ2n) is 8.82. The largest absolute Gasteiger partial charge is 0.662 e. The van der Waals surface area contributed by atoms with E-state index in [1.54, 1.807) is 0 Å². The zero-order chi connectivity index (χ0) is 20.1. The first-order valence-corrected chi connectivity index (χ1v) is 11.2. The Balaban J connectivity index is 0.00000171. The normalized spacial score (nSPS) is 17.1. The molecule has 3 nitrogen and oxygen atoms in total. The van der Waals surface area contributed by atoms with Gasteiger partial charge in [0.2, 0.25) is 0 Å². The van der Waals surface area contributed by atoms with Gasteiger partial charge in [-0.1, -0.05) is 54.8 Å². The molecule has 0 atom stereocenters. The van der Waals surface area contributed by atoms with Gasteiger partial charge in [0.05, 0.1) is 0 Å². The summed E-state index contributed by atoms with van der Waals surface area (Å²) in [5.41, 5.74) is 6.42. The van der Waals surface area contributed by atoms with Gasteiger partial charge in [-0.05, 0) is 54.9 Å². The van der Waals surface area contributed by atoms with Crippen LogP contribution in [0.3, 0.4) is 0 Å². The fourth-order valence-corrected chi connectivity index (χ4v) is 4.74.